The zero-order chi connectivity index (χ0) is 20.7. The molecule has 2 aliphatic rings. The highest BCUT2D eigenvalue weighted by Gasteiger charge is 2.21. The molecule has 0 radical (unpaired) electrons. The van der Waals surface area contributed by atoms with Gasteiger partial charge in [0, 0.05) is 29.9 Å². The molecule has 0 aromatic rings. The molecule has 28 heavy (non-hydrogen) atoms. The van der Waals surface area contributed by atoms with E-state index in [4.69, 9.17) is 0 Å². The molecular weight excluding hydrogens is 347 g/mol. The zero-order valence-corrected chi connectivity index (χ0v) is 18.1. The van der Waals surface area contributed by atoms with Crippen molar-refractivity contribution in [1.82, 2.24) is 5.32 Å². The minimum atomic E-state index is -0.124. The Morgan fingerprint density at radius 2 is 2.00 bits per heavy atom. The smallest absolute Gasteiger partial charge is 0.127 e. The number of nitrogens with zero attached hydrogens (tertiary/aromatic N) is 1. The Hall–Kier alpha value is -2.00. The predicted molar refractivity (Wildman–Crippen MR) is 121 cm³/mol. The summed E-state index contributed by atoms with van der Waals surface area (Å²) in [4.78, 5) is 4.65. The second kappa shape index (κ2) is 10.5. The van der Waals surface area contributed by atoms with Gasteiger partial charge in [0.05, 0.1) is 0 Å². The van der Waals surface area contributed by atoms with E-state index < -0.39 is 0 Å². The van der Waals surface area contributed by atoms with Crippen molar-refractivity contribution in [2.45, 2.75) is 72.4 Å². The summed E-state index contributed by atoms with van der Waals surface area (Å²) in [5.74, 6) is -0.124. The number of hydrogen-bond donors (Lipinski definition) is 1. The van der Waals surface area contributed by atoms with E-state index in [0.29, 0.717) is 12.6 Å². The van der Waals surface area contributed by atoms with Crippen molar-refractivity contribution in [3.8, 4) is 0 Å². The normalized spacial score (nSPS) is 19.2. The second-order valence-electron chi connectivity index (χ2n) is 8.13. The molecule has 1 saturated carbocycles. The van der Waals surface area contributed by atoms with Crippen molar-refractivity contribution in [1.29, 1.82) is 0 Å². The van der Waals surface area contributed by atoms with Crippen LogP contribution in [0.4, 0.5) is 4.39 Å². The van der Waals surface area contributed by atoms with Crippen LogP contribution in [-0.4, -0.2) is 24.3 Å². The number of hydrogen-bond acceptors (Lipinski definition) is 2. The Labute approximate surface area is 170 Å². The lowest BCUT2D eigenvalue weighted by atomic mass is 9.99. The fourth-order valence-electron chi connectivity index (χ4n) is 3.26. The average Bonchev–Trinajstić information content (AvgIpc) is 3.43. The van der Waals surface area contributed by atoms with Crippen LogP contribution >= 0.6 is 0 Å². The van der Waals surface area contributed by atoms with Crippen LogP contribution in [0.3, 0.4) is 0 Å². The van der Waals surface area contributed by atoms with E-state index in [-0.39, 0.29) is 11.9 Å². The van der Waals surface area contributed by atoms with Crippen LogP contribution in [0, 0.1) is 0 Å². The van der Waals surface area contributed by atoms with E-state index in [1.807, 2.05) is 26.0 Å². The molecule has 0 aliphatic heterocycles. The van der Waals surface area contributed by atoms with Crippen molar-refractivity contribution >= 4 is 5.71 Å². The molecule has 1 N–H and O–H groups in total. The highest BCUT2D eigenvalue weighted by atomic mass is 19.1. The van der Waals surface area contributed by atoms with Crippen LogP contribution in [0.2, 0.25) is 0 Å². The van der Waals surface area contributed by atoms with Crippen molar-refractivity contribution in [3.05, 3.63) is 70.7 Å². The Morgan fingerprint density at radius 3 is 2.61 bits per heavy atom. The molecule has 0 amide bonds. The van der Waals surface area contributed by atoms with Gasteiger partial charge in [-0.15, -0.1) is 0 Å². The van der Waals surface area contributed by atoms with Crippen LogP contribution in [0.15, 0.2) is 75.6 Å². The van der Waals surface area contributed by atoms with Gasteiger partial charge in [0.15, 0.2) is 0 Å². The Kier molecular flexibility index (Phi) is 8.37. The van der Waals surface area contributed by atoms with E-state index in [1.165, 1.54) is 24.0 Å². The molecule has 0 heterocycles. The summed E-state index contributed by atoms with van der Waals surface area (Å²) < 4.78 is 14.3. The van der Waals surface area contributed by atoms with Crippen molar-refractivity contribution in [2.75, 3.05) is 6.54 Å². The fraction of sp³-hybridized carbons (Fsp3) is 0.480. The molecule has 2 aliphatic carbocycles. The molecule has 1 fully saturated rings. The standard InChI is InChI=1S/C25H35FN2/c1-17(2)24(20(6)28-18(3)4)11-7-9-19(5)21-10-8-12-25(26)22(15-21)16-27-23-13-14-23/h8-9,11-12,15,18,23,27H,1,7,10,13-14,16H2,2-6H3/b19-9+,24-11+,28-20?. The maximum atomic E-state index is 14.3. The molecular formula is C25H35FN2. The molecule has 0 atom stereocenters. The molecule has 3 heteroatoms. The van der Waals surface area contributed by atoms with Gasteiger partial charge in [0.2, 0.25) is 0 Å². The molecule has 0 saturated heterocycles. The summed E-state index contributed by atoms with van der Waals surface area (Å²) in [6, 6.07) is 0.842. The Morgan fingerprint density at radius 1 is 1.29 bits per heavy atom. The first-order chi connectivity index (χ1) is 13.3. The van der Waals surface area contributed by atoms with Crippen LogP contribution in [0.1, 0.15) is 60.3 Å². The SMILES string of the molecule is C=C(C)/C(=C\C/C=C(\C)C1=CC(CNC2CC2)=C(F)C=CC1)C(C)=NC(C)C. The summed E-state index contributed by atoms with van der Waals surface area (Å²) in [5.41, 5.74) is 6.30. The van der Waals surface area contributed by atoms with Gasteiger partial charge in [0.1, 0.15) is 5.83 Å². The monoisotopic (exact) mass is 382 g/mol. The van der Waals surface area contributed by atoms with E-state index in [2.05, 4.69) is 49.8 Å². The van der Waals surface area contributed by atoms with Gasteiger partial charge in [-0.1, -0.05) is 36.5 Å². The third-order valence-electron chi connectivity index (χ3n) is 4.97. The van der Waals surface area contributed by atoms with E-state index in [0.717, 1.165) is 35.3 Å². The van der Waals surface area contributed by atoms with Crippen molar-refractivity contribution in [2.24, 2.45) is 4.99 Å². The highest BCUT2D eigenvalue weighted by molar-refractivity contribution is 6.01. The fourth-order valence-corrected chi connectivity index (χ4v) is 3.26. The van der Waals surface area contributed by atoms with Gasteiger partial charge in [-0.05, 0) is 83.1 Å². The van der Waals surface area contributed by atoms with Crippen LogP contribution < -0.4 is 5.32 Å². The first kappa shape index (κ1) is 22.3. The number of nitrogens with one attached hydrogen (secondary N) is 1. The predicted octanol–water partition coefficient (Wildman–Crippen LogP) is 6.56. The zero-order valence-electron chi connectivity index (χ0n) is 18.1. The topological polar surface area (TPSA) is 24.4 Å². The summed E-state index contributed by atoms with van der Waals surface area (Å²) in [6.07, 6.45) is 13.9. The minimum absolute atomic E-state index is 0.124. The maximum Gasteiger partial charge on any atom is 0.127 e. The molecule has 0 aromatic carbocycles. The molecule has 0 aromatic heterocycles. The number of rotatable bonds is 9. The molecule has 2 rings (SSSR count). The van der Waals surface area contributed by atoms with Gasteiger partial charge in [-0.3, -0.25) is 4.99 Å². The average molecular weight is 383 g/mol. The lowest BCUT2D eigenvalue weighted by Crippen LogP contribution is -2.19. The molecule has 2 nitrogen and oxygen atoms in total. The van der Waals surface area contributed by atoms with Crippen molar-refractivity contribution < 1.29 is 4.39 Å². The molecule has 0 spiro atoms. The lowest BCUT2D eigenvalue weighted by molar-refractivity contribution is 0.641. The van der Waals surface area contributed by atoms with E-state index >= 15 is 0 Å². The summed E-state index contributed by atoms with van der Waals surface area (Å²) in [6.45, 7) is 15.0. The number of halogens is 1. The maximum absolute atomic E-state index is 14.3. The molecule has 0 bridgehead atoms. The minimum Gasteiger partial charge on any atom is -0.310 e. The highest BCUT2D eigenvalue weighted by Crippen LogP contribution is 2.25. The summed E-state index contributed by atoms with van der Waals surface area (Å²) in [7, 11) is 0. The number of aliphatic imine (C=N–C) groups is 1. The summed E-state index contributed by atoms with van der Waals surface area (Å²) in [5, 5.41) is 3.41. The first-order valence-corrected chi connectivity index (χ1v) is 10.3. The van der Waals surface area contributed by atoms with Crippen molar-refractivity contribution in [3.63, 3.8) is 0 Å². The van der Waals surface area contributed by atoms with Gasteiger partial charge in [-0.2, -0.15) is 0 Å². The third-order valence-corrected chi connectivity index (χ3v) is 4.97. The third kappa shape index (κ3) is 7.20. The quantitative estimate of drug-likeness (QED) is 0.354. The van der Waals surface area contributed by atoms with Gasteiger partial charge >= 0.3 is 0 Å². The van der Waals surface area contributed by atoms with Crippen LogP contribution in [-0.2, 0) is 0 Å². The van der Waals surface area contributed by atoms with Gasteiger partial charge in [-0.25, -0.2) is 4.39 Å². The molecule has 0 unspecified atom stereocenters. The van der Waals surface area contributed by atoms with E-state index in [9.17, 15) is 4.39 Å². The molecule has 152 valence electrons. The van der Waals surface area contributed by atoms with Crippen LogP contribution in [0.25, 0.3) is 0 Å². The van der Waals surface area contributed by atoms with E-state index in [1.54, 1.807) is 6.08 Å². The number of allylic oxidation sites excluding steroid dienone is 9. The largest absolute Gasteiger partial charge is 0.310 e. The van der Waals surface area contributed by atoms with Gasteiger partial charge in [0.25, 0.3) is 0 Å². The first-order valence-electron chi connectivity index (χ1n) is 10.3. The second-order valence-corrected chi connectivity index (χ2v) is 8.13. The van der Waals surface area contributed by atoms with Gasteiger partial charge < -0.3 is 5.32 Å². The summed E-state index contributed by atoms with van der Waals surface area (Å²) >= 11 is 0. The Bertz CT molecular complexity index is 768. The Balaban J connectivity index is 2.12. The van der Waals surface area contributed by atoms with Crippen LogP contribution in [0.5, 0.6) is 0 Å². The lowest BCUT2D eigenvalue weighted by Gasteiger charge is -2.10.